The van der Waals surface area contributed by atoms with Crippen molar-refractivity contribution in [3.63, 3.8) is 0 Å². The van der Waals surface area contributed by atoms with Crippen molar-refractivity contribution in [2.24, 2.45) is 0 Å². The van der Waals surface area contributed by atoms with E-state index in [0.29, 0.717) is 16.3 Å². The van der Waals surface area contributed by atoms with Gasteiger partial charge in [0.05, 0.1) is 5.56 Å². The highest BCUT2D eigenvalue weighted by atomic mass is 19.4. The second-order valence-electron chi connectivity index (χ2n) is 9.65. The molecule has 38 heavy (non-hydrogen) atoms. The van der Waals surface area contributed by atoms with Crippen molar-refractivity contribution in [3.05, 3.63) is 133 Å². The third-order valence-electron chi connectivity index (χ3n) is 7.43. The molecule has 0 saturated heterocycles. The van der Waals surface area contributed by atoms with Gasteiger partial charge in [-0.25, -0.2) is 0 Å². The van der Waals surface area contributed by atoms with Gasteiger partial charge in [0, 0.05) is 5.39 Å². The number of alkyl halides is 3. The van der Waals surface area contributed by atoms with E-state index in [1.54, 1.807) is 24.3 Å². The highest BCUT2D eigenvalue weighted by molar-refractivity contribution is 6.19. The van der Waals surface area contributed by atoms with Crippen LogP contribution >= 0.6 is 0 Å². The lowest BCUT2D eigenvalue weighted by Gasteiger charge is -2.21. The molecular weight excluding hydrogens is 477 g/mol. The molecule has 0 aliphatic heterocycles. The van der Waals surface area contributed by atoms with Crippen molar-refractivity contribution in [1.82, 2.24) is 0 Å². The molecule has 0 nitrogen and oxygen atoms in total. The summed E-state index contributed by atoms with van der Waals surface area (Å²) in [5.74, 6) is 0. The second-order valence-corrected chi connectivity index (χ2v) is 9.65. The van der Waals surface area contributed by atoms with Crippen LogP contribution in [0.15, 0.2) is 127 Å². The van der Waals surface area contributed by atoms with Crippen LogP contribution < -0.4 is 0 Å². The Labute approximate surface area is 217 Å². The molecule has 0 N–H and O–H groups in total. The van der Waals surface area contributed by atoms with Crippen LogP contribution in [0.2, 0.25) is 0 Å². The molecule has 0 amide bonds. The Balaban J connectivity index is 1.65. The van der Waals surface area contributed by atoms with E-state index in [9.17, 15) is 13.2 Å². The molecule has 0 saturated carbocycles. The van der Waals surface area contributed by atoms with Gasteiger partial charge in [-0.15, -0.1) is 0 Å². The van der Waals surface area contributed by atoms with Gasteiger partial charge in [-0.05, 0) is 72.1 Å². The van der Waals surface area contributed by atoms with E-state index < -0.39 is 11.7 Å². The maximum absolute atomic E-state index is 14.9. The standard InChI is InChI=1S/C35H21F3/c36-35(37,38)34-30-13-6-5-12-29(30)32(27-19-17-23-9-2-4-11-25(23)21-27)31-15-7-14-28(33(31)34)26-18-16-22-8-1-3-10-24(22)20-26/h1-21H. The maximum Gasteiger partial charge on any atom is 0.417 e. The quantitative estimate of drug-likeness (QED) is 0.208. The van der Waals surface area contributed by atoms with Gasteiger partial charge in [0.1, 0.15) is 0 Å². The Kier molecular flexibility index (Phi) is 5.02. The Hall–Kier alpha value is -4.63. The summed E-state index contributed by atoms with van der Waals surface area (Å²) in [5, 5.41) is 5.82. The first kappa shape index (κ1) is 22.6. The summed E-state index contributed by atoms with van der Waals surface area (Å²) in [6.07, 6.45) is -4.54. The lowest BCUT2D eigenvalue weighted by atomic mass is 9.84. The lowest BCUT2D eigenvalue weighted by molar-refractivity contribution is -0.135. The maximum atomic E-state index is 14.9. The molecule has 0 fully saturated rings. The zero-order valence-corrected chi connectivity index (χ0v) is 20.3. The predicted molar refractivity (Wildman–Crippen MR) is 152 cm³/mol. The highest BCUT2D eigenvalue weighted by Gasteiger charge is 2.37. The average Bonchev–Trinajstić information content (AvgIpc) is 2.94. The topological polar surface area (TPSA) is 0 Å². The van der Waals surface area contributed by atoms with E-state index in [2.05, 4.69) is 6.07 Å². The van der Waals surface area contributed by atoms with Gasteiger partial charge in [-0.1, -0.05) is 115 Å². The first-order valence-corrected chi connectivity index (χ1v) is 12.5. The minimum absolute atomic E-state index is 0.212. The van der Waals surface area contributed by atoms with Gasteiger partial charge < -0.3 is 0 Å². The van der Waals surface area contributed by atoms with Gasteiger partial charge in [-0.3, -0.25) is 0 Å². The van der Waals surface area contributed by atoms with Crippen molar-refractivity contribution in [1.29, 1.82) is 0 Å². The number of rotatable bonds is 2. The van der Waals surface area contributed by atoms with Gasteiger partial charge in [0.2, 0.25) is 0 Å². The number of benzene rings is 7. The highest BCUT2D eigenvalue weighted by Crippen LogP contribution is 2.48. The number of halogens is 3. The SMILES string of the molecule is FC(F)(F)c1c2ccccc2c(-c2ccc3ccccc3c2)c2cccc(-c3ccc4ccccc4c3)c12. The Morgan fingerprint density at radius 3 is 1.61 bits per heavy atom. The molecule has 0 radical (unpaired) electrons. The fourth-order valence-corrected chi connectivity index (χ4v) is 5.78. The number of hydrogen-bond acceptors (Lipinski definition) is 0. The van der Waals surface area contributed by atoms with Gasteiger partial charge in [-0.2, -0.15) is 13.2 Å². The van der Waals surface area contributed by atoms with Crippen LogP contribution in [0.5, 0.6) is 0 Å². The van der Waals surface area contributed by atoms with Crippen LogP contribution in [-0.2, 0) is 6.18 Å². The molecule has 7 rings (SSSR count). The third kappa shape index (κ3) is 3.54. The zero-order valence-electron chi connectivity index (χ0n) is 20.3. The fourth-order valence-electron chi connectivity index (χ4n) is 5.78. The van der Waals surface area contributed by atoms with Crippen molar-refractivity contribution in [3.8, 4) is 22.3 Å². The molecule has 7 aromatic carbocycles. The van der Waals surface area contributed by atoms with Gasteiger partial charge in [0.15, 0.2) is 0 Å². The molecule has 182 valence electrons. The van der Waals surface area contributed by atoms with E-state index >= 15 is 0 Å². The first-order valence-electron chi connectivity index (χ1n) is 12.5. The van der Waals surface area contributed by atoms with Crippen LogP contribution in [0.4, 0.5) is 13.2 Å². The molecule has 7 aromatic rings. The van der Waals surface area contributed by atoms with Crippen molar-refractivity contribution in [2.45, 2.75) is 6.18 Å². The molecule has 3 heteroatoms. The van der Waals surface area contributed by atoms with Gasteiger partial charge in [0.25, 0.3) is 0 Å². The molecule has 0 aromatic heterocycles. The van der Waals surface area contributed by atoms with Crippen molar-refractivity contribution >= 4 is 43.1 Å². The van der Waals surface area contributed by atoms with E-state index in [0.717, 1.165) is 38.2 Å². The summed E-state index contributed by atoms with van der Waals surface area (Å²) in [4.78, 5) is 0. The smallest absolute Gasteiger partial charge is 0.166 e. The lowest BCUT2D eigenvalue weighted by Crippen LogP contribution is -2.08. The molecule has 0 spiro atoms. The van der Waals surface area contributed by atoms with E-state index in [1.807, 2.05) is 97.1 Å². The molecular formula is C35H21F3. The number of hydrogen-bond donors (Lipinski definition) is 0. The summed E-state index contributed by atoms with van der Waals surface area (Å²) in [6, 6.07) is 40.3. The van der Waals surface area contributed by atoms with Crippen LogP contribution in [0.25, 0.3) is 65.3 Å². The monoisotopic (exact) mass is 498 g/mol. The molecule has 0 heterocycles. The molecule has 0 atom stereocenters. The minimum atomic E-state index is -4.54. The minimum Gasteiger partial charge on any atom is -0.166 e. The van der Waals surface area contributed by atoms with E-state index in [-0.39, 0.29) is 10.8 Å². The van der Waals surface area contributed by atoms with E-state index in [4.69, 9.17) is 0 Å². The predicted octanol–water partition coefficient (Wildman–Crippen LogP) is 10.7. The molecule has 0 bridgehead atoms. The van der Waals surface area contributed by atoms with Crippen LogP contribution in [0.3, 0.4) is 0 Å². The second kappa shape index (κ2) is 8.46. The Morgan fingerprint density at radius 1 is 0.421 bits per heavy atom. The zero-order chi connectivity index (χ0) is 25.9. The largest absolute Gasteiger partial charge is 0.417 e. The fraction of sp³-hybridized carbons (Fsp3) is 0.0286. The molecule has 0 aliphatic carbocycles. The molecule has 0 unspecified atom stereocenters. The van der Waals surface area contributed by atoms with Crippen molar-refractivity contribution < 1.29 is 13.2 Å². The summed E-state index contributed by atoms with van der Waals surface area (Å²) in [6.45, 7) is 0. The summed E-state index contributed by atoms with van der Waals surface area (Å²) < 4.78 is 44.8. The molecule has 0 aliphatic rings. The Bertz CT molecular complexity index is 2020. The summed E-state index contributed by atoms with van der Waals surface area (Å²) >= 11 is 0. The van der Waals surface area contributed by atoms with E-state index in [1.165, 1.54) is 0 Å². The summed E-state index contributed by atoms with van der Waals surface area (Å²) in [7, 11) is 0. The number of fused-ring (bicyclic) bond motifs is 4. The third-order valence-corrected chi connectivity index (χ3v) is 7.43. The van der Waals surface area contributed by atoms with Crippen LogP contribution in [-0.4, -0.2) is 0 Å². The Morgan fingerprint density at radius 2 is 0.947 bits per heavy atom. The summed E-state index contributed by atoms with van der Waals surface area (Å²) in [5.41, 5.74) is 2.47. The normalized spacial score (nSPS) is 12.1. The van der Waals surface area contributed by atoms with Crippen LogP contribution in [0, 0.1) is 0 Å². The average molecular weight is 499 g/mol. The van der Waals surface area contributed by atoms with Crippen LogP contribution in [0.1, 0.15) is 5.56 Å². The van der Waals surface area contributed by atoms with Gasteiger partial charge >= 0.3 is 6.18 Å². The van der Waals surface area contributed by atoms with Crippen molar-refractivity contribution in [2.75, 3.05) is 0 Å². The first-order chi connectivity index (χ1) is 18.5.